The van der Waals surface area contributed by atoms with Gasteiger partial charge in [0.2, 0.25) is 0 Å². The van der Waals surface area contributed by atoms with E-state index in [4.69, 9.17) is 36.8 Å². The third-order valence-electron chi connectivity index (χ3n) is 27.1. The second kappa shape index (κ2) is 27.2. The van der Waals surface area contributed by atoms with E-state index < -0.39 is 32.6 Å². The summed E-state index contributed by atoms with van der Waals surface area (Å²) < 4.78 is 62.2. The van der Waals surface area contributed by atoms with Crippen molar-refractivity contribution in [2.75, 3.05) is 0 Å². The highest BCUT2D eigenvalue weighted by Gasteiger charge is 2.55. The molecule has 0 radical (unpaired) electrons. The molecule has 121 heavy (non-hydrogen) atoms. The normalized spacial score (nSPS) is 16.7. The third-order valence-corrected chi connectivity index (χ3v) is 31.6. The van der Waals surface area contributed by atoms with Gasteiger partial charge >= 0.3 is 21.4 Å². The molecule has 15 heteroatoms. The minimum absolute atomic E-state index is 0.379. The SMILES string of the molecule is CC1(C)OB(c2ccc3oc4cc(-c5c6ccccc6cc6sc7ccccc7c56)ccc4c3c2)OC1(C)C.CC1(C)OB(c2cccc3c2ccc2sc4cccc(-c5ccc6c(c5)sc5cc7ccccc7cc56)c4c23)OC1(C)C.CC1(C)OB(c2cccc3c2oc2c(-c4cccc5cc6c(cc45)sc4ccccc46)cccc23)OC1(C)C. The summed E-state index contributed by atoms with van der Waals surface area (Å²) in [4.78, 5) is 0. The summed E-state index contributed by atoms with van der Waals surface area (Å²) in [6, 6.07) is 103. The number of hydrogen-bond acceptors (Lipinski definition) is 12. The van der Waals surface area contributed by atoms with Crippen LogP contribution in [0.4, 0.5) is 0 Å². The van der Waals surface area contributed by atoms with Crippen LogP contribution in [-0.2, 0) is 27.9 Å². The molecule has 6 aromatic heterocycles. The topological polar surface area (TPSA) is 81.7 Å². The molecule has 0 bridgehead atoms. The Balaban J connectivity index is 0.000000106. The molecular weight excluding hydrogens is 1560 g/mol. The van der Waals surface area contributed by atoms with Crippen LogP contribution in [0, 0.1) is 0 Å². The standard InChI is InChI=1S/C38H29BO2S2.2C34H27BO3S/c1-37(2)38(3,4)41-39(40-37)30-13-7-12-28-26(30)17-18-32-36(28)35-25(11-8-14-31(35)42-32)24-15-16-27-29-19-22-9-5-6-10-23(22)20-34(29)43-33(27)21-24;1-33(2)34(3,4)38-35(37-33)28-16-9-15-25-24-14-8-13-23(31(24)36-32(25)28)21-12-7-10-20-18-27-22-11-5-6-17-29(22)39-30(27)19-26(20)21;1-33(2)34(3,4)38-35(37-33)22-14-16-27-26(19-22)24-15-13-21(17-28(24)36-27)31-23-10-6-5-9-20(23)18-30-32(31)25-11-7-8-12-29(25)39-30/h5-21H,1-4H3;2*5-19H,1-4H3. The molecule has 3 aliphatic rings. The summed E-state index contributed by atoms with van der Waals surface area (Å²) in [5, 5.41) is 24.9. The molecule has 8 nitrogen and oxygen atoms in total. The molecule has 0 aliphatic carbocycles. The molecule has 0 N–H and O–H groups in total. The van der Waals surface area contributed by atoms with Crippen LogP contribution in [0.25, 0.3) is 201 Å². The maximum atomic E-state index is 6.74. The molecule has 0 saturated carbocycles. The van der Waals surface area contributed by atoms with Gasteiger partial charge < -0.3 is 36.8 Å². The van der Waals surface area contributed by atoms with Gasteiger partial charge in [-0.15, -0.1) is 45.3 Å². The van der Waals surface area contributed by atoms with Gasteiger partial charge in [-0.1, -0.05) is 206 Å². The van der Waals surface area contributed by atoms with Gasteiger partial charge in [0, 0.05) is 113 Å². The van der Waals surface area contributed by atoms with Crippen LogP contribution in [0.15, 0.2) is 294 Å². The Morgan fingerprint density at radius 3 is 1.44 bits per heavy atom. The maximum absolute atomic E-state index is 6.74. The van der Waals surface area contributed by atoms with Gasteiger partial charge in [0.05, 0.1) is 33.6 Å². The first kappa shape index (κ1) is 75.0. The van der Waals surface area contributed by atoms with Crippen molar-refractivity contribution in [1.29, 1.82) is 0 Å². The van der Waals surface area contributed by atoms with Gasteiger partial charge in [-0.2, -0.15) is 0 Å². The molecule has 588 valence electrons. The van der Waals surface area contributed by atoms with Crippen molar-refractivity contribution in [2.45, 2.75) is 117 Å². The number of thiophene rings is 4. The van der Waals surface area contributed by atoms with E-state index in [0.29, 0.717) is 0 Å². The fraction of sp³-hybridized carbons (Fsp3) is 0.170. The van der Waals surface area contributed by atoms with E-state index in [-0.39, 0.29) is 22.4 Å². The van der Waals surface area contributed by atoms with E-state index in [1.54, 1.807) is 0 Å². The van der Waals surface area contributed by atoms with Crippen LogP contribution in [0.2, 0.25) is 0 Å². The van der Waals surface area contributed by atoms with Crippen molar-refractivity contribution in [3.8, 4) is 33.4 Å². The molecule has 22 aromatic rings. The summed E-state index contributed by atoms with van der Waals surface area (Å²) in [6.45, 7) is 25.1. The van der Waals surface area contributed by atoms with Crippen molar-refractivity contribution in [2.24, 2.45) is 0 Å². The lowest BCUT2D eigenvalue weighted by molar-refractivity contribution is 0.00578. The van der Waals surface area contributed by atoms with E-state index in [2.05, 4.69) is 362 Å². The van der Waals surface area contributed by atoms with Gasteiger partial charge in [-0.3, -0.25) is 0 Å². The molecule has 0 amide bonds. The molecule has 0 atom stereocenters. The van der Waals surface area contributed by atoms with Crippen molar-refractivity contribution >= 4 is 251 Å². The van der Waals surface area contributed by atoms with E-state index >= 15 is 0 Å². The van der Waals surface area contributed by atoms with Crippen LogP contribution in [0.1, 0.15) is 83.1 Å². The predicted molar refractivity (Wildman–Crippen MR) is 519 cm³/mol. The summed E-state index contributed by atoms with van der Waals surface area (Å²) >= 11 is 7.47. The summed E-state index contributed by atoms with van der Waals surface area (Å²) in [5.74, 6) is 0. The van der Waals surface area contributed by atoms with Crippen LogP contribution in [-0.4, -0.2) is 55.0 Å². The van der Waals surface area contributed by atoms with Gasteiger partial charge in [0.1, 0.15) is 22.3 Å². The van der Waals surface area contributed by atoms with Gasteiger partial charge in [0.25, 0.3) is 0 Å². The Morgan fingerprint density at radius 2 is 0.694 bits per heavy atom. The third kappa shape index (κ3) is 11.9. The minimum Gasteiger partial charge on any atom is -0.456 e. The Labute approximate surface area is 717 Å². The van der Waals surface area contributed by atoms with Crippen molar-refractivity contribution in [1.82, 2.24) is 0 Å². The number of fused-ring (bicyclic) bond motifs is 23. The Bertz CT molecular complexity index is 8080. The quantitative estimate of drug-likeness (QED) is 0.152. The van der Waals surface area contributed by atoms with E-state index in [0.717, 1.165) is 71.4 Å². The molecule has 25 rings (SSSR count). The molecular formula is C106H83B3O8S4. The van der Waals surface area contributed by atoms with Crippen molar-refractivity contribution < 1.29 is 36.8 Å². The van der Waals surface area contributed by atoms with Gasteiger partial charge in [0.15, 0.2) is 0 Å². The molecule has 16 aromatic carbocycles. The molecule has 3 aliphatic heterocycles. The first-order chi connectivity index (χ1) is 58.4. The van der Waals surface area contributed by atoms with Crippen molar-refractivity contribution in [3.63, 3.8) is 0 Å². The Hall–Kier alpha value is -11.0. The largest absolute Gasteiger partial charge is 0.498 e. The van der Waals surface area contributed by atoms with E-state index in [1.165, 1.54) is 146 Å². The zero-order chi connectivity index (χ0) is 82.1. The fourth-order valence-electron chi connectivity index (χ4n) is 18.6. The highest BCUT2D eigenvalue weighted by atomic mass is 32.1. The van der Waals surface area contributed by atoms with E-state index in [9.17, 15) is 0 Å². The predicted octanol–water partition coefficient (Wildman–Crippen LogP) is 28.8. The number of rotatable bonds is 6. The molecule has 9 heterocycles. The smallest absolute Gasteiger partial charge is 0.456 e. The summed E-state index contributed by atoms with van der Waals surface area (Å²) in [5.41, 5.74) is 11.4. The molecule has 3 fully saturated rings. The fourth-order valence-corrected chi connectivity index (χ4v) is 23.2. The monoisotopic (exact) mass is 1640 g/mol. The average molecular weight is 1650 g/mol. The van der Waals surface area contributed by atoms with Crippen LogP contribution in [0.5, 0.6) is 0 Å². The molecule has 0 spiro atoms. The lowest BCUT2D eigenvalue weighted by Crippen LogP contribution is -2.41. The lowest BCUT2D eigenvalue weighted by Gasteiger charge is -2.32. The number of furan rings is 2. The molecule has 0 unspecified atom stereocenters. The second-order valence-corrected chi connectivity index (χ2v) is 40.3. The summed E-state index contributed by atoms with van der Waals surface area (Å²) in [6.07, 6.45) is 0. The summed E-state index contributed by atoms with van der Waals surface area (Å²) in [7, 11) is -1.29. The minimum atomic E-state index is -0.485. The zero-order valence-corrected chi connectivity index (χ0v) is 72.5. The Morgan fingerprint density at radius 1 is 0.223 bits per heavy atom. The number of para-hydroxylation sites is 2. The van der Waals surface area contributed by atoms with Gasteiger partial charge in [-0.05, 0) is 244 Å². The first-order valence-corrected chi connectivity index (χ1v) is 45.0. The Kier molecular flexibility index (Phi) is 16.9. The highest BCUT2D eigenvalue weighted by Crippen LogP contribution is 2.51. The number of benzene rings is 16. The molecule has 3 saturated heterocycles. The average Bonchev–Trinajstić information content (AvgIpc) is 1.60. The lowest BCUT2D eigenvalue weighted by atomic mass is 9.75. The van der Waals surface area contributed by atoms with Crippen LogP contribution in [0.3, 0.4) is 0 Å². The maximum Gasteiger partial charge on any atom is 0.498 e. The van der Waals surface area contributed by atoms with Crippen molar-refractivity contribution in [3.05, 3.63) is 285 Å². The first-order valence-electron chi connectivity index (χ1n) is 41.7. The zero-order valence-electron chi connectivity index (χ0n) is 69.3. The van der Waals surface area contributed by atoms with Gasteiger partial charge in [-0.25, -0.2) is 0 Å². The van der Waals surface area contributed by atoms with Crippen LogP contribution >= 0.6 is 45.3 Å². The highest BCUT2D eigenvalue weighted by molar-refractivity contribution is 7.27. The second-order valence-electron chi connectivity index (χ2n) is 35.9. The van der Waals surface area contributed by atoms with Crippen LogP contribution < -0.4 is 16.4 Å². The number of hydrogen-bond donors (Lipinski definition) is 0. The van der Waals surface area contributed by atoms with E-state index in [1.807, 2.05) is 51.4 Å².